The number of hydrogen-bond acceptors (Lipinski definition) is 2. The van der Waals surface area contributed by atoms with E-state index in [1.54, 1.807) is 0 Å². The van der Waals surface area contributed by atoms with Crippen molar-refractivity contribution in [3.8, 4) is 0 Å². The normalized spacial score (nSPS) is 11.2. The van der Waals surface area contributed by atoms with Gasteiger partial charge in [0.15, 0.2) is 0 Å². The molecule has 0 fully saturated rings. The second-order valence-corrected chi connectivity index (χ2v) is 2.61. The lowest BCUT2D eigenvalue weighted by Gasteiger charge is -1.93. The van der Waals surface area contributed by atoms with Crippen LogP contribution >= 0.6 is 22.6 Å². The molecule has 0 aliphatic carbocycles. The van der Waals surface area contributed by atoms with Crippen molar-refractivity contribution in [2.24, 2.45) is 0 Å². The molecule has 0 spiro atoms. The van der Waals surface area contributed by atoms with E-state index in [-0.39, 0.29) is 5.97 Å². The summed E-state index contributed by atoms with van der Waals surface area (Å²) in [7, 11) is 1.38. The first-order valence-electron chi connectivity index (χ1n) is 2.66. The third-order valence-corrected chi connectivity index (χ3v) is 1.64. The molecule has 2 nitrogen and oxygen atoms in total. The SMILES string of the molecule is CCC=C(I)C(=O)OC. The molecule has 0 radical (unpaired) electrons. The first-order chi connectivity index (χ1) is 4.22. The topological polar surface area (TPSA) is 26.3 Å². The highest BCUT2D eigenvalue weighted by Gasteiger charge is 2.01. The van der Waals surface area contributed by atoms with Crippen molar-refractivity contribution in [2.45, 2.75) is 13.3 Å². The predicted octanol–water partition coefficient (Wildman–Crippen LogP) is 1.89. The van der Waals surface area contributed by atoms with Crippen molar-refractivity contribution in [2.75, 3.05) is 7.11 Å². The molecule has 0 atom stereocenters. The van der Waals surface area contributed by atoms with E-state index in [0.717, 1.165) is 6.42 Å². The molecule has 0 aromatic rings. The highest BCUT2D eigenvalue weighted by atomic mass is 127. The number of esters is 1. The van der Waals surface area contributed by atoms with Gasteiger partial charge in [0.2, 0.25) is 0 Å². The summed E-state index contributed by atoms with van der Waals surface area (Å²) in [4.78, 5) is 10.6. The monoisotopic (exact) mass is 240 g/mol. The molecule has 0 amide bonds. The van der Waals surface area contributed by atoms with Crippen LogP contribution in [0.2, 0.25) is 0 Å². The Balaban J connectivity index is 3.86. The standard InChI is InChI=1S/C6H9IO2/c1-3-4-5(7)6(8)9-2/h4H,3H2,1-2H3. The summed E-state index contributed by atoms with van der Waals surface area (Å²) in [5, 5.41) is 0. The van der Waals surface area contributed by atoms with Crippen molar-refractivity contribution in [1.29, 1.82) is 0 Å². The lowest BCUT2D eigenvalue weighted by Crippen LogP contribution is -1.98. The Hall–Kier alpha value is -0.0600. The second-order valence-electron chi connectivity index (χ2n) is 1.45. The van der Waals surface area contributed by atoms with E-state index < -0.39 is 0 Å². The molecule has 0 saturated carbocycles. The van der Waals surface area contributed by atoms with Gasteiger partial charge < -0.3 is 4.74 Å². The number of ether oxygens (including phenoxy) is 1. The molecule has 0 aromatic heterocycles. The number of halogens is 1. The first kappa shape index (κ1) is 8.94. The van der Waals surface area contributed by atoms with Gasteiger partial charge in [-0.05, 0) is 29.0 Å². The fourth-order valence-electron chi connectivity index (χ4n) is 0.360. The molecule has 0 rings (SSSR count). The van der Waals surface area contributed by atoms with Crippen molar-refractivity contribution in [1.82, 2.24) is 0 Å². The number of carbonyl (C=O) groups excluding carboxylic acids is 1. The maximum absolute atomic E-state index is 10.6. The molecule has 0 aliphatic heterocycles. The predicted molar refractivity (Wildman–Crippen MR) is 44.4 cm³/mol. The van der Waals surface area contributed by atoms with Crippen molar-refractivity contribution in [3.63, 3.8) is 0 Å². The zero-order valence-corrected chi connectivity index (χ0v) is 7.64. The van der Waals surface area contributed by atoms with Crippen LogP contribution in [0.4, 0.5) is 0 Å². The molecule has 0 heterocycles. The van der Waals surface area contributed by atoms with Crippen LogP contribution < -0.4 is 0 Å². The maximum Gasteiger partial charge on any atom is 0.343 e. The Labute approximate surface area is 68.4 Å². The van der Waals surface area contributed by atoms with Crippen LogP contribution in [0.1, 0.15) is 13.3 Å². The summed E-state index contributed by atoms with van der Waals surface area (Å²) in [6.45, 7) is 1.97. The molecule has 3 heteroatoms. The smallest absolute Gasteiger partial charge is 0.343 e. The Kier molecular flexibility index (Phi) is 4.75. The Morgan fingerprint density at radius 2 is 2.33 bits per heavy atom. The highest BCUT2D eigenvalue weighted by molar-refractivity contribution is 14.1. The summed E-state index contributed by atoms with van der Waals surface area (Å²) in [6.07, 6.45) is 2.69. The van der Waals surface area contributed by atoms with Gasteiger partial charge in [0.05, 0.1) is 10.7 Å². The van der Waals surface area contributed by atoms with Crippen LogP contribution in [0.25, 0.3) is 0 Å². The summed E-state index contributed by atoms with van der Waals surface area (Å²) in [6, 6.07) is 0. The third-order valence-electron chi connectivity index (χ3n) is 0.764. The zero-order chi connectivity index (χ0) is 7.28. The minimum atomic E-state index is -0.252. The lowest BCUT2D eigenvalue weighted by atomic mass is 10.4. The van der Waals surface area contributed by atoms with Gasteiger partial charge in [0.1, 0.15) is 0 Å². The Morgan fingerprint density at radius 3 is 2.67 bits per heavy atom. The molecule has 0 aromatic carbocycles. The number of carbonyl (C=O) groups is 1. The third kappa shape index (κ3) is 3.51. The highest BCUT2D eigenvalue weighted by Crippen LogP contribution is 2.07. The maximum atomic E-state index is 10.6. The van der Waals surface area contributed by atoms with E-state index >= 15 is 0 Å². The van der Waals surface area contributed by atoms with Gasteiger partial charge in [-0.3, -0.25) is 0 Å². The van der Waals surface area contributed by atoms with E-state index in [0.29, 0.717) is 3.58 Å². The van der Waals surface area contributed by atoms with Crippen LogP contribution in [0.15, 0.2) is 9.66 Å². The fourth-order valence-corrected chi connectivity index (χ4v) is 1.02. The van der Waals surface area contributed by atoms with Crippen LogP contribution in [0.3, 0.4) is 0 Å². The van der Waals surface area contributed by atoms with Gasteiger partial charge in [-0.15, -0.1) is 0 Å². The average Bonchev–Trinajstić information content (AvgIpc) is 1.87. The van der Waals surface area contributed by atoms with Crippen LogP contribution in [0, 0.1) is 0 Å². The molecular weight excluding hydrogens is 231 g/mol. The van der Waals surface area contributed by atoms with Gasteiger partial charge in [-0.2, -0.15) is 0 Å². The fraction of sp³-hybridized carbons (Fsp3) is 0.500. The van der Waals surface area contributed by atoms with E-state index in [9.17, 15) is 4.79 Å². The van der Waals surface area contributed by atoms with E-state index in [2.05, 4.69) is 4.74 Å². The molecular formula is C6H9IO2. The Bertz CT molecular complexity index is 129. The van der Waals surface area contributed by atoms with Gasteiger partial charge in [0, 0.05) is 0 Å². The lowest BCUT2D eigenvalue weighted by molar-refractivity contribution is -0.135. The Morgan fingerprint density at radius 1 is 1.78 bits per heavy atom. The van der Waals surface area contributed by atoms with E-state index in [1.165, 1.54) is 7.11 Å². The van der Waals surface area contributed by atoms with Crippen molar-refractivity contribution < 1.29 is 9.53 Å². The zero-order valence-electron chi connectivity index (χ0n) is 5.48. The largest absolute Gasteiger partial charge is 0.465 e. The molecule has 52 valence electrons. The minimum Gasteiger partial charge on any atom is -0.465 e. The van der Waals surface area contributed by atoms with E-state index in [4.69, 9.17) is 0 Å². The number of methoxy groups -OCH3 is 1. The molecule has 0 saturated heterocycles. The molecule has 0 N–H and O–H groups in total. The van der Waals surface area contributed by atoms with Gasteiger partial charge in [-0.1, -0.05) is 13.0 Å². The average molecular weight is 240 g/mol. The van der Waals surface area contributed by atoms with Crippen LogP contribution in [-0.2, 0) is 9.53 Å². The van der Waals surface area contributed by atoms with Crippen LogP contribution in [-0.4, -0.2) is 13.1 Å². The molecule has 0 unspecified atom stereocenters. The van der Waals surface area contributed by atoms with Gasteiger partial charge >= 0.3 is 5.97 Å². The number of rotatable bonds is 2. The second kappa shape index (κ2) is 4.78. The summed E-state index contributed by atoms with van der Waals surface area (Å²) < 4.78 is 5.10. The summed E-state index contributed by atoms with van der Waals surface area (Å²) >= 11 is 1.95. The minimum absolute atomic E-state index is 0.252. The summed E-state index contributed by atoms with van der Waals surface area (Å²) in [5.74, 6) is -0.252. The van der Waals surface area contributed by atoms with Gasteiger partial charge in [-0.25, -0.2) is 4.79 Å². The van der Waals surface area contributed by atoms with Gasteiger partial charge in [0.25, 0.3) is 0 Å². The first-order valence-corrected chi connectivity index (χ1v) is 3.74. The van der Waals surface area contributed by atoms with Crippen molar-refractivity contribution >= 4 is 28.6 Å². The number of hydrogen-bond donors (Lipinski definition) is 0. The van der Waals surface area contributed by atoms with Crippen LogP contribution in [0.5, 0.6) is 0 Å². The number of allylic oxidation sites excluding steroid dienone is 1. The molecule has 0 bridgehead atoms. The van der Waals surface area contributed by atoms with Crippen molar-refractivity contribution in [3.05, 3.63) is 9.66 Å². The quantitative estimate of drug-likeness (QED) is 0.418. The molecule has 9 heavy (non-hydrogen) atoms. The van der Waals surface area contributed by atoms with E-state index in [1.807, 2.05) is 35.6 Å². The summed E-state index contributed by atoms with van der Waals surface area (Å²) in [5.41, 5.74) is 0. The molecule has 0 aliphatic rings.